The number of hydrogen-bond acceptors (Lipinski definition) is 4. The van der Waals surface area contributed by atoms with E-state index in [9.17, 15) is 4.79 Å². The van der Waals surface area contributed by atoms with Crippen molar-refractivity contribution < 1.29 is 5.11 Å². The summed E-state index contributed by atoms with van der Waals surface area (Å²) in [4.78, 5) is 13.2. The van der Waals surface area contributed by atoms with Gasteiger partial charge in [-0.2, -0.15) is 5.10 Å². The number of nitrogens with zero attached hydrogens (tertiary/aromatic N) is 3. The standard InChI is InChI=1S/C9H15N3O2/c1-7(13)6-12-9(14)4-8(5-10-12)11(2)3/h4-5,7,13H,6H2,1-3H3/t7-/m0/s1. The number of hydrogen-bond donors (Lipinski definition) is 1. The van der Waals surface area contributed by atoms with Gasteiger partial charge in [0.2, 0.25) is 0 Å². The number of aromatic nitrogens is 2. The van der Waals surface area contributed by atoms with Crippen LogP contribution in [0.2, 0.25) is 0 Å². The second-order valence-electron chi connectivity index (χ2n) is 3.48. The highest BCUT2D eigenvalue weighted by atomic mass is 16.3. The van der Waals surface area contributed by atoms with Gasteiger partial charge in [-0.15, -0.1) is 0 Å². The van der Waals surface area contributed by atoms with Gasteiger partial charge in [-0.1, -0.05) is 0 Å². The summed E-state index contributed by atoms with van der Waals surface area (Å²) in [6, 6.07) is 1.50. The van der Waals surface area contributed by atoms with Gasteiger partial charge in [0, 0.05) is 20.2 Å². The summed E-state index contributed by atoms with van der Waals surface area (Å²) in [6.07, 6.45) is 1.04. The smallest absolute Gasteiger partial charge is 0.268 e. The maximum absolute atomic E-state index is 11.4. The van der Waals surface area contributed by atoms with E-state index in [1.165, 1.54) is 10.7 Å². The minimum atomic E-state index is -0.564. The summed E-state index contributed by atoms with van der Waals surface area (Å²) in [5.74, 6) is 0. The molecule has 14 heavy (non-hydrogen) atoms. The lowest BCUT2D eigenvalue weighted by Crippen LogP contribution is -2.28. The predicted octanol–water partition coefficient (Wildman–Crippen LogP) is -0.310. The molecule has 1 aromatic heterocycles. The predicted molar refractivity (Wildman–Crippen MR) is 54.5 cm³/mol. The topological polar surface area (TPSA) is 58.4 Å². The maximum Gasteiger partial charge on any atom is 0.268 e. The van der Waals surface area contributed by atoms with Crippen molar-refractivity contribution in [2.45, 2.75) is 19.6 Å². The normalized spacial score (nSPS) is 12.6. The number of rotatable bonds is 3. The van der Waals surface area contributed by atoms with E-state index >= 15 is 0 Å². The molecule has 0 saturated heterocycles. The number of anilines is 1. The van der Waals surface area contributed by atoms with Gasteiger partial charge in [-0.3, -0.25) is 4.79 Å². The largest absolute Gasteiger partial charge is 0.391 e. The molecule has 0 saturated carbocycles. The molecular formula is C9H15N3O2. The zero-order valence-corrected chi connectivity index (χ0v) is 8.64. The van der Waals surface area contributed by atoms with Crippen LogP contribution in [0.5, 0.6) is 0 Å². The Morgan fingerprint density at radius 2 is 2.29 bits per heavy atom. The van der Waals surface area contributed by atoms with Gasteiger partial charge >= 0.3 is 0 Å². The van der Waals surface area contributed by atoms with Crippen molar-refractivity contribution in [3.63, 3.8) is 0 Å². The van der Waals surface area contributed by atoms with Crippen LogP contribution in [-0.4, -0.2) is 35.1 Å². The molecule has 0 fully saturated rings. The Hall–Kier alpha value is -1.36. The van der Waals surface area contributed by atoms with E-state index in [-0.39, 0.29) is 12.1 Å². The molecule has 1 aromatic rings. The average Bonchev–Trinajstić information content (AvgIpc) is 2.07. The second kappa shape index (κ2) is 4.23. The lowest BCUT2D eigenvalue weighted by atomic mass is 10.4. The summed E-state index contributed by atoms with van der Waals surface area (Å²) >= 11 is 0. The van der Waals surface area contributed by atoms with Crippen molar-refractivity contribution in [3.8, 4) is 0 Å². The summed E-state index contributed by atoms with van der Waals surface area (Å²) in [5, 5.41) is 13.0. The van der Waals surface area contributed by atoms with E-state index in [0.29, 0.717) is 0 Å². The van der Waals surface area contributed by atoms with E-state index in [1.54, 1.807) is 18.0 Å². The van der Waals surface area contributed by atoms with Crippen molar-refractivity contribution in [1.82, 2.24) is 9.78 Å². The van der Waals surface area contributed by atoms with Gasteiger partial charge in [-0.05, 0) is 6.92 Å². The fraction of sp³-hybridized carbons (Fsp3) is 0.556. The Morgan fingerprint density at radius 3 is 2.71 bits per heavy atom. The van der Waals surface area contributed by atoms with E-state index < -0.39 is 6.10 Å². The molecule has 0 radical (unpaired) electrons. The van der Waals surface area contributed by atoms with E-state index in [4.69, 9.17) is 5.11 Å². The molecule has 5 heteroatoms. The molecule has 0 amide bonds. The lowest BCUT2D eigenvalue weighted by molar-refractivity contribution is 0.166. The van der Waals surface area contributed by atoms with Crippen LogP contribution in [-0.2, 0) is 6.54 Å². The summed E-state index contributed by atoms with van der Waals surface area (Å²) in [6.45, 7) is 1.85. The Morgan fingerprint density at radius 1 is 1.64 bits per heavy atom. The molecule has 1 rings (SSSR count). The highest BCUT2D eigenvalue weighted by molar-refractivity contribution is 5.40. The van der Waals surface area contributed by atoms with Crippen molar-refractivity contribution in [2.75, 3.05) is 19.0 Å². The minimum Gasteiger partial charge on any atom is -0.391 e. The van der Waals surface area contributed by atoms with E-state index in [0.717, 1.165) is 5.69 Å². The Balaban J connectivity index is 2.96. The maximum atomic E-state index is 11.4. The van der Waals surface area contributed by atoms with Gasteiger partial charge in [0.05, 0.1) is 24.5 Å². The first-order valence-corrected chi connectivity index (χ1v) is 4.43. The average molecular weight is 197 g/mol. The zero-order valence-electron chi connectivity index (χ0n) is 8.64. The molecule has 0 aliphatic heterocycles. The second-order valence-corrected chi connectivity index (χ2v) is 3.48. The lowest BCUT2D eigenvalue weighted by Gasteiger charge is -2.12. The van der Waals surface area contributed by atoms with Crippen LogP contribution in [0.1, 0.15) is 6.92 Å². The molecule has 1 atom stereocenters. The van der Waals surface area contributed by atoms with Crippen molar-refractivity contribution in [2.24, 2.45) is 0 Å². The SMILES string of the molecule is C[C@H](O)Cn1ncc(N(C)C)cc1=O. The Kier molecular flexibility index (Phi) is 3.24. The fourth-order valence-corrected chi connectivity index (χ4v) is 1.06. The molecule has 1 N–H and O–H groups in total. The van der Waals surface area contributed by atoms with E-state index in [1.807, 2.05) is 14.1 Å². The van der Waals surface area contributed by atoms with Crippen LogP contribution in [0, 0.1) is 0 Å². The third kappa shape index (κ3) is 2.56. The summed E-state index contributed by atoms with van der Waals surface area (Å²) in [5.41, 5.74) is 0.564. The van der Waals surface area contributed by atoms with Gasteiger partial charge in [0.1, 0.15) is 0 Å². The highest BCUT2D eigenvalue weighted by Gasteiger charge is 2.03. The van der Waals surface area contributed by atoms with Crippen LogP contribution in [0.25, 0.3) is 0 Å². The first-order valence-electron chi connectivity index (χ1n) is 4.43. The van der Waals surface area contributed by atoms with Gasteiger partial charge in [0.25, 0.3) is 5.56 Å². The highest BCUT2D eigenvalue weighted by Crippen LogP contribution is 2.03. The van der Waals surface area contributed by atoms with E-state index in [2.05, 4.69) is 5.10 Å². The van der Waals surface area contributed by atoms with Crippen molar-refractivity contribution >= 4 is 5.69 Å². The van der Waals surface area contributed by atoms with Crippen LogP contribution >= 0.6 is 0 Å². The van der Waals surface area contributed by atoms with Crippen molar-refractivity contribution in [1.29, 1.82) is 0 Å². The fourth-order valence-electron chi connectivity index (χ4n) is 1.06. The van der Waals surface area contributed by atoms with Crippen LogP contribution in [0.15, 0.2) is 17.1 Å². The van der Waals surface area contributed by atoms with Gasteiger partial charge in [0.15, 0.2) is 0 Å². The molecule has 0 aliphatic carbocycles. The quantitative estimate of drug-likeness (QED) is 0.722. The molecule has 0 unspecified atom stereocenters. The molecule has 0 bridgehead atoms. The van der Waals surface area contributed by atoms with Crippen LogP contribution in [0.4, 0.5) is 5.69 Å². The van der Waals surface area contributed by atoms with Gasteiger partial charge < -0.3 is 10.0 Å². The Labute approximate surface area is 82.6 Å². The third-order valence-corrected chi connectivity index (χ3v) is 1.81. The van der Waals surface area contributed by atoms with Crippen LogP contribution < -0.4 is 10.5 Å². The molecule has 0 aliphatic rings. The molecule has 1 heterocycles. The minimum absolute atomic E-state index is 0.197. The molecule has 5 nitrogen and oxygen atoms in total. The van der Waals surface area contributed by atoms with Crippen molar-refractivity contribution in [3.05, 3.63) is 22.6 Å². The number of aliphatic hydroxyl groups excluding tert-OH is 1. The first kappa shape index (κ1) is 10.7. The third-order valence-electron chi connectivity index (χ3n) is 1.81. The van der Waals surface area contributed by atoms with Crippen LogP contribution in [0.3, 0.4) is 0 Å². The molecule has 78 valence electrons. The Bertz CT molecular complexity index is 357. The molecular weight excluding hydrogens is 182 g/mol. The summed E-state index contributed by atoms with van der Waals surface area (Å²) in [7, 11) is 3.69. The number of aliphatic hydroxyl groups is 1. The monoisotopic (exact) mass is 197 g/mol. The summed E-state index contributed by atoms with van der Waals surface area (Å²) < 4.78 is 1.25. The zero-order chi connectivity index (χ0) is 10.7. The van der Waals surface area contributed by atoms with Gasteiger partial charge in [-0.25, -0.2) is 4.68 Å². The first-order chi connectivity index (χ1) is 6.50. The molecule has 0 spiro atoms. The molecule has 0 aromatic carbocycles.